The zero-order chi connectivity index (χ0) is 9.90. The Morgan fingerprint density at radius 1 is 1.69 bits per heavy atom. The lowest BCUT2D eigenvalue weighted by Gasteiger charge is -2.02. The van der Waals surface area contributed by atoms with Gasteiger partial charge in [0.05, 0.1) is 6.61 Å². The Morgan fingerprint density at radius 3 is 2.92 bits per heavy atom. The highest BCUT2D eigenvalue weighted by molar-refractivity contribution is 7.89. The highest BCUT2D eigenvalue weighted by Gasteiger charge is 2.15. The number of hydrogen-bond acceptors (Lipinski definition) is 5. The van der Waals surface area contributed by atoms with Crippen molar-refractivity contribution < 1.29 is 13.2 Å². The third-order valence-electron chi connectivity index (χ3n) is 1.37. The lowest BCUT2D eigenvalue weighted by atomic mass is 10.7. The second-order valence-corrected chi connectivity index (χ2v) is 3.80. The van der Waals surface area contributed by atoms with Crippen molar-refractivity contribution in [2.75, 3.05) is 13.7 Å². The Kier molecular flexibility index (Phi) is 2.96. The van der Waals surface area contributed by atoms with Crippen LogP contribution in [-0.2, 0) is 21.3 Å². The monoisotopic (exact) mass is 206 g/mol. The lowest BCUT2D eigenvalue weighted by molar-refractivity contribution is 0.184. The van der Waals surface area contributed by atoms with Crippen molar-refractivity contribution in [2.45, 2.75) is 11.7 Å². The molecule has 0 aliphatic carbocycles. The van der Waals surface area contributed by atoms with Gasteiger partial charge >= 0.3 is 0 Å². The molecule has 2 N–H and O–H groups in total. The van der Waals surface area contributed by atoms with Gasteiger partial charge in [-0.05, 0) is 0 Å². The van der Waals surface area contributed by atoms with Crippen LogP contribution in [0, 0.1) is 0 Å². The zero-order valence-corrected chi connectivity index (χ0v) is 7.86. The first-order valence-corrected chi connectivity index (χ1v) is 5.00. The van der Waals surface area contributed by atoms with Crippen LogP contribution in [0.5, 0.6) is 0 Å². The van der Waals surface area contributed by atoms with Gasteiger partial charge in [-0.25, -0.2) is 13.6 Å². The Labute approximate surface area is 75.6 Å². The number of nitrogens with zero attached hydrogens (tertiary/aromatic N) is 3. The fourth-order valence-electron chi connectivity index (χ4n) is 0.808. The molecule has 8 heteroatoms. The molecule has 0 fully saturated rings. The first-order chi connectivity index (χ1) is 6.05. The summed E-state index contributed by atoms with van der Waals surface area (Å²) < 4.78 is 27.9. The molecule has 0 saturated heterocycles. The summed E-state index contributed by atoms with van der Waals surface area (Å²) in [5.74, 6) is 0. The van der Waals surface area contributed by atoms with Crippen molar-refractivity contribution >= 4 is 10.0 Å². The molecule has 0 radical (unpaired) electrons. The summed E-state index contributed by atoms with van der Waals surface area (Å²) in [6.45, 7) is 0.732. The number of sulfonamides is 1. The summed E-state index contributed by atoms with van der Waals surface area (Å²) in [7, 11) is -2.27. The molecule has 0 atom stereocenters. The maximum absolute atomic E-state index is 10.9. The van der Waals surface area contributed by atoms with E-state index in [9.17, 15) is 8.42 Å². The number of aromatic nitrogens is 3. The Hall–Kier alpha value is -0.990. The highest BCUT2D eigenvalue weighted by atomic mass is 32.2. The minimum absolute atomic E-state index is 0.246. The minimum Gasteiger partial charge on any atom is -0.383 e. The van der Waals surface area contributed by atoms with Crippen molar-refractivity contribution in [3.8, 4) is 0 Å². The molecule has 0 aliphatic rings. The van der Waals surface area contributed by atoms with Crippen LogP contribution in [0.1, 0.15) is 0 Å². The van der Waals surface area contributed by atoms with Gasteiger partial charge in [0.1, 0.15) is 6.33 Å². The molecule has 13 heavy (non-hydrogen) atoms. The fraction of sp³-hybridized carbons (Fsp3) is 0.600. The number of hydrogen-bond donors (Lipinski definition) is 1. The van der Waals surface area contributed by atoms with E-state index in [0.717, 1.165) is 0 Å². The van der Waals surface area contributed by atoms with Gasteiger partial charge in [0.2, 0.25) is 0 Å². The molecule has 1 rings (SSSR count). The van der Waals surface area contributed by atoms with Crippen LogP contribution in [0.25, 0.3) is 0 Å². The summed E-state index contributed by atoms with van der Waals surface area (Å²) in [6.07, 6.45) is 1.29. The third kappa shape index (κ3) is 2.47. The van der Waals surface area contributed by atoms with E-state index < -0.39 is 10.0 Å². The molecule has 0 bridgehead atoms. The van der Waals surface area contributed by atoms with E-state index in [1.807, 2.05) is 0 Å². The molecule has 0 unspecified atom stereocenters. The van der Waals surface area contributed by atoms with Gasteiger partial charge in [-0.2, -0.15) is 0 Å². The normalized spacial score (nSPS) is 11.8. The lowest BCUT2D eigenvalue weighted by Crippen LogP contribution is -2.19. The van der Waals surface area contributed by atoms with E-state index in [0.29, 0.717) is 13.2 Å². The van der Waals surface area contributed by atoms with Crippen LogP contribution < -0.4 is 5.14 Å². The van der Waals surface area contributed by atoms with E-state index in [1.165, 1.54) is 18.0 Å². The van der Waals surface area contributed by atoms with Crippen LogP contribution in [0.4, 0.5) is 0 Å². The van der Waals surface area contributed by atoms with Crippen LogP contribution in [0.3, 0.4) is 0 Å². The van der Waals surface area contributed by atoms with Crippen LogP contribution in [-0.4, -0.2) is 36.9 Å². The van der Waals surface area contributed by atoms with E-state index >= 15 is 0 Å². The van der Waals surface area contributed by atoms with Gasteiger partial charge in [-0.15, -0.1) is 10.2 Å². The molecule has 74 valence electrons. The third-order valence-corrected chi connectivity index (χ3v) is 2.20. The highest BCUT2D eigenvalue weighted by Crippen LogP contribution is 2.00. The molecular weight excluding hydrogens is 196 g/mol. The van der Waals surface area contributed by atoms with Gasteiger partial charge in [-0.3, -0.25) is 0 Å². The van der Waals surface area contributed by atoms with Gasteiger partial charge in [-0.1, -0.05) is 0 Å². The predicted octanol–water partition coefficient (Wildman–Crippen LogP) is -1.43. The van der Waals surface area contributed by atoms with Crippen LogP contribution in [0.2, 0.25) is 0 Å². The number of rotatable bonds is 4. The maximum Gasteiger partial charge on any atom is 0.273 e. The second-order valence-electron chi connectivity index (χ2n) is 2.34. The molecule has 0 aliphatic heterocycles. The van der Waals surface area contributed by atoms with Crippen LogP contribution in [0.15, 0.2) is 11.5 Å². The first-order valence-electron chi connectivity index (χ1n) is 3.45. The van der Waals surface area contributed by atoms with Gasteiger partial charge in [0.25, 0.3) is 15.2 Å². The smallest absolute Gasteiger partial charge is 0.273 e. The fourth-order valence-corrected chi connectivity index (χ4v) is 1.43. The predicted molar refractivity (Wildman–Crippen MR) is 43.3 cm³/mol. The SMILES string of the molecule is COCCn1cnnc1S(N)(=O)=O. The molecule has 1 aromatic rings. The van der Waals surface area contributed by atoms with E-state index in [2.05, 4.69) is 10.2 Å². The van der Waals surface area contributed by atoms with E-state index in [-0.39, 0.29) is 5.16 Å². The summed E-state index contributed by atoms with van der Waals surface area (Å²) >= 11 is 0. The molecule has 0 saturated carbocycles. The summed E-state index contributed by atoms with van der Waals surface area (Å²) in [6, 6.07) is 0. The maximum atomic E-state index is 10.9. The van der Waals surface area contributed by atoms with E-state index in [1.54, 1.807) is 0 Å². The zero-order valence-electron chi connectivity index (χ0n) is 7.04. The van der Waals surface area contributed by atoms with Gasteiger partial charge in [0.15, 0.2) is 0 Å². The van der Waals surface area contributed by atoms with Crippen LogP contribution >= 0.6 is 0 Å². The minimum atomic E-state index is -3.79. The van der Waals surface area contributed by atoms with Gasteiger partial charge < -0.3 is 9.30 Å². The quantitative estimate of drug-likeness (QED) is 0.651. The Balaban J connectivity index is 2.90. The molecule has 1 heterocycles. The molecule has 7 nitrogen and oxygen atoms in total. The van der Waals surface area contributed by atoms with Gasteiger partial charge in [0, 0.05) is 13.7 Å². The second kappa shape index (κ2) is 3.81. The van der Waals surface area contributed by atoms with Crippen molar-refractivity contribution in [1.82, 2.24) is 14.8 Å². The largest absolute Gasteiger partial charge is 0.383 e. The Morgan fingerprint density at radius 2 is 2.38 bits per heavy atom. The van der Waals surface area contributed by atoms with Crippen molar-refractivity contribution in [3.05, 3.63) is 6.33 Å². The summed E-state index contributed by atoms with van der Waals surface area (Å²) in [5.41, 5.74) is 0. The Bertz CT molecular complexity index is 371. The first kappa shape index (κ1) is 10.1. The number of nitrogens with two attached hydrogens (primary N) is 1. The van der Waals surface area contributed by atoms with Crippen molar-refractivity contribution in [1.29, 1.82) is 0 Å². The number of primary sulfonamides is 1. The van der Waals surface area contributed by atoms with Crippen molar-refractivity contribution in [2.24, 2.45) is 5.14 Å². The molecule has 0 amide bonds. The topological polar surface area (TPSA) is 100 Å². The molecule has 1 aromatic heterocycles. The molecule has 0 spiro atoms. The number of methoxy groups -OCH3 is 1. The summed E-state index contributed by atoms with van der Waals surface area (Å²) in [4.78, 5) is 0. The standard InChI is InChI=1S/C5H10N4O3S/c1-12-3-2-9-4-7-8-5(9)13(6,10)11/h4H,2-3H2,1H3,(H2,6,10,11). The number of ether oxygens (including phenoxy) is 1. The molecular formula is C5H10N4O3S. The van der Waals surface area contributed by atoms with Crippen molar-refractivity contribution in [3.63, 3.8) is 0 Å². The van der Waals surface area contributed by atoms with E-state index in [4.69, 9.17) is 9.88 Å². The molecule has 0 aromatic carbocycles. The average Bonchev–Trinajstić information content (AvgIpc) is 2.47. The average molecular weight is 206 g/mol. The summed E-state index contributed by atoms with van der Waals surface area (Å²) in [5, 5.41) is 11.5.